The van der Waals surface area contributed by atoms with Gasteiger partial charge in [0, 0.05) is 38.7 Å². The second-order valence-corrected chi connectivity index (χ2v) is 15.4. The Morgan fingerprint density at radius 2 is 1.73 bits per heavy atom. The quantitative estimate of drug-likeness (QED) is 0.0442. The van der Waals surface area contributed by atoms with Gasteiger partial charge in [0.1, 0.15) is 35.6 Å². The molecule has 0 aliphatic carbocycles. The molecule has 2 atom stereocenters. The van der Waals surface area contributed by atoms with Gasteiger partial charge in [-0.2, -0.15) is 0 Å². The predicted molar refractivity (Wildman–Crippen MR) is 214 cm³/mol. The summed E-state index contributed by atoms with van der Waals surface area (Å²) < 4.78 is 42.0. The van der Waals surface area contributed by atoms with Crippen LogP contribution in [0.4, 0.5) is 10.5 Å². The highest BCUT2D eigenvalue weighted by Gasteiger charge is 2.25. The van der Waals surface area contributed by atoms with E-state index in [1.807, 2.05) is 64.1 Å². The van der Waals surface area contributed by atoms with Gasteiger partial charge in [-0.3, -0.25) is 4.79 Å². The average Bonchev–Trinajstić information content (AvgIpc) is 3.28. The highest BCUT2D eigenvalue weighted by molar-refractivity contribution is 7.97. The molecular formula is C41H58N4O9S. The lowest BCUT2D eigenvalue weighted by molar-refractivity contribution is -0.143. The number of rotatable bonds is 19. The lowest BCUT2D eigenvalue weighted by Gasteiger charge is -2.24. The van der Waals surface area contributed by atoms with Gasteiger partial charge in [-0.25, -0.2) is 14.9 Å². The Kier molecular flexibility index (Phi) is 16.8. The van der Waals surface area contributed by atoms with E-state index in [0.717, 1.165) is 38.6 Å². The zero-order valence-corrected chi connectivity index (χ0v) is 34.3. The number of anilines is 1. The number of nitrogens with two attached hydrogens (primary N) is 1. The Morgan fingerprint density at radius 3 is 2.44 bits per heavy atom. The number of esters is 1. The SMILES string of the molecule is CCOC(=O)CC(c1ccc(C)c(CN2CC(C)Oc3cc(OCCOCCOCCNC(=O)OC(C)(C)C)ccc3S2)c1)c1ccc(N(C)N)c(OC)c1. The van der Waals surface area contributed by atoms with Crippen molar-refractivity contribution in [2.75, 3.05) is 71.9 Å². The molecule has 55 heavy (non-hydrogen) atoms. The van der Waals surface area contributed by atoms with Crippen LogP contribution >= 0.6 is 11.9 Å². The maximum atomic E-state index is 12.9. The van der Waals surface area contributed by atoms with Crippen LogP contribution in [0, 0.1) is 6.92 Å². The lowest BCUT2D eigenvalue weighted by Crippen LogP contribution is -2.34. The first kappa shape index (κ1) is 43.5. The summed E-state index contributed by atoms with van der Waals surface area (Å²) in [5.41, 5.74) is 4.47. The number of hydrogen-bond donors (Lipinski definition) is 2. The zero-order chi connectivity index (χ0) is 40.0. The first-order chi connectivity index (χ1) is 26.3. The molecule has 1 heterocycles. The number of hydrazine groups is 1. The Balaban J connectivity index is 1.33. The van der Waals surface area contributed by atoms with Crippen LogP contribution in [0.3, 0.4) is 0 Å². The van der Waals surface area contributed by atoms with Crippen LogP contribution in [-0.4, -0.2) is 95.0 Å². The number of amides is 1. The fourth-order valence-electron chi connectivity index (χ4n) is 5.93. The minimum atomic E-state index is -0.534. The number of nitrogens with one attached hydrogen (secondary N) is 1. The van der Waals surface area contributed by atoms with Crippen molar-refractivity contribution in [3.8, 4) is 17.2 Å². The van der Waals surface area contributed by atoms with Gasteiger partial charge >= 0.3 is 12.1 Å². The summed E-state index contributed by atoms with van der Waals surface area (Å²) in [5.74, 6) is 7.62. The number of carbonyl (C=O) groups excluding carboxylic acids is 2. The molecule has 13 nitrogen and oxygen atoms in total. The average molecular weight is 783 g/mol. The number of ether oxygens (including phenoxy) is 7. The summed E-state index contributed by atoms with van der Waals surface area (Å²) in [4.78, 5) is 25.5. The molecule has 2 unspecified atom stereocenters. The summed E-state index contributed by atoms with van der Waals surface area (Å²) >= 11 is 1.65. The molecule has 1 aliphatic heterocycles. The largest absolute Gasteiger partial charge is 0.495 e. The summed E-state index contributed by atoms with van der Waals surface area (Å²) in [7, 11) is 3.37. The van der Waals surface area contributed by atoms with Crippen molar-refractivity contribution in [1.82, 2.24) is 9.62 Å². The van der Waals surface area contributed by atoms with E-state index >= 15 is 0 Å². The molecule has 3 aromatic rings. The van der Waals surface area contributed by atoms with Crippen LogP contribution in [0.5, 0.6) is 17.2 Å². The molecule has 0 aromatic heterocycles. The number of alkyl carbamates (subject to hydrolysis) is 1. The Bertz CT molecular complexity index is 1700. The molecule has 14 heteroatoms. The standard InChI is InChI=1S/C41H58N4O9S/c1-9-51-39(46)25-34(31-12-14-35(44(7)42)36(23-31)48-8)30-11-10-28(2)32(22-30)27-45-26-29(3)53-37-24-33(13-15-38(37)55-45)52-21-20-50-19-18-49-17-16-43-40(47)54-41(4,5)6/h10-15,22-24,29,34H,9,16-21,25-27,42H2,1-8H3,(H,43,47). The van der Waals surface area contributed by atoms with E-state index in [0.29, 0.717) is 70.8 Å². The zero-order valence-electron chi connectivity index (χ0n) is 33.5. The second kappa shape index (κ2) is 21.2. The number of hydrogen-bond acceptors (Lipinski definition) is 13. The molecular weight excluding hydrogens is 725 g/mol. The number of benzene rings is 3. The summed E-state index contributed by atoms with van der Waals surface area (Å²) in [5, 5.41) is 4.17. The van der Waals surface area contributed by atoms with Crippen LogP contribution in [0.1, 0.15) is 69.2 Å². The maximum Gasteiger partial charge on any atom is 0.407 e. The van der Waals surface area contributed by atoms with Gasteiger partial charge in [0.05, 0.1) is 57.1 Å². The van der Waals surface area contributed by atoms with Crippen molar-refractivity contribution in [2.24, 2.45) is 5.84 Å². The number of nitrogens with zero attached hydrogens (tertiary/aromatic N) is 2. The minimum absolute atomic E-state index is 0.0709. The van der Waals surface area contributed by atoms with Crippen molar-refractivity contribution < 1.29 is 42.7 Å². The second-order valence-electron chi connectivity index (χ2n) is 14.2. The van der Waals surface area contributed by atoms with E-state index in [2.05, 4.69) is 41.7 Å². The van der Waals surface area contributed by atoms with E-state index in [4.69, 9.17) is 39.0 Å². The summed E-state index contributed by atoms with van der Waals surface area (Å²) in [6.45, 7) is 15.4. The van der Waals surface area contributed by atoms with Gasteiger partial charge < -0.3 is 43.5 Å². The fourth-order valence-corrected chi connectivity index (χ4v) is 7.02. The molecule has 0 bridgehead atoms. The van der Waals surface area contributed by atoms with E-state index < -0.39 is 11.7 Å². The Morgan fingerprint density at radius 1 is 1.02 bits per heavy atom. The predicted octanol–water partition coefficient (Wildman–Crippen LogP) is 6.63. The van der Waals surface area contributed by atoms with E-state index in [1.165, 1.54) is 5.01 Å². The molecule has 0 spiro atoms. The minimum Gasteiger partial charge on any atom is -0.495 e. The third-order valence-electron chi connectivity index (χ3n) is 8.50. The molecule has 3 N–H and O–H groups in total. The highest BCUT2D eigenvalue weighted by Crippen LogP contribution is 2.40. The van der Waals surface area contributed by atoms with E-state index in [1.54, 1.807) is 26.1 Å². The molecule has 1 amide bonds. The fraction of sp³-hybridized carbons (Fsp3) is 0.512. The number of carbonyl (C=O) groups is 2. The van der Waals surface area contributed by atoms with Crippen LogP contribution in [-0.2, 0) is 30.3 Å². The number of methoxy groups -OCH3 is 1. The third kappa shape index (κ3) is 14.1. The first-order valence-electron chi connectivity index (χ1n) is 18.7. The van der Waals surface area contributed by atoms with Crippen LogP contribution in [0.15, 0.2) is 59.5 Å². The molecule has 302 valence electrons. The van der Waals surface area contributed by atoms with Gasteiger partial charge in [-0.15, -0.1) is 0 Å². The van der Waals surface area contributed by atoms with E-state index in [-0.39, 0.29) is 24.4 Å². The van der Waals surface area contributed by atoms with Crippen LogP contribution < -0.4 is 30.4 Å². The summed E-state index contributed by atoms with van der Waals surface area (Å²) in [6.07, 6.45) is -0.344. The molecule has 0 radical (unpaired) electrons. The molecule has 0 saturated carbocycles. The van der Waals surface area contributed by atoms with Gasteiger partial charge in [0.2, 0.25) is 0 Å². The number of fused-ring (bicyclic) bond motifs is 1. The topological polar surface area (TPSA) is 143 Å². The van der Waals surface area contributed by atoms with Gasteiger partial charge in [-0.1, -0.05) is 24.3 Å². The van der Waals surface area contributed by atoms with Crippen LogP contribution in [0.2, 0.25) is 0 Å². The lowest BCUT2D eigenvalue weighted by atomic mass is 9.86. The Hall–Kier alpha value is -4.21. The molecule has 0 fully saturated rings. The van der Waals surface area contributed by atoms with Crippen molar-refractivity contribution in [3.05, 3.63) is 76.9 Å². The molecule has 3 aromatic carbocycles. The molecule has 1 aliphatic rings. The maximum absolute atomic E-state index is 12.9. The molecule has 4 rings (SSSR count). The Labute approximate surface area is 330 Å². The first-order valence-corrected chi connectivity index (χ1v) is 19.4. The van der Waals surface area contributed by atoms with Crippen molar-refractivity contribution >= 4 is 29.7 Å². The summed E-state index contributed by atoms with van der Waals surface area (Å²) in [6, 6.07) is 18.1. The molecule has 0 saturated heterocycles. The van der Waals surface area contributed by atoms with Crippen molar-refractivity contribution in [1.29, 1.82) is 0 Å². The monoisotopic (exact) mass is 782 g/mol. The van der Waals surface area contributed by atoms with Crippen molar-refractivity contribution in [2.45, 2.75) is 77.0 Å². The smallest absolute Gasteiger partial charge is 0.407 e. The van der Waals surface area contributed by atoms with E-state index in [9.17, 15) is 9.59 Å². The third-order valence-corrected chi connectivity index (χ3v) is 9.57. The number of aryl methyl sites for hydroxylation is 1. The highest BCUT2D eigenvalue weighted by atomic mass is 32.2. The van der Waals surface area contributed by atoms with Crippen LogP contribution in [0.25, 0.3) is 0 Å². The normalized spacial score (nSPS) is 14.9. The van der Waals surface area contributed by atoms with Crippen molar-refractivity contribution in [3.63, 3.8) is 0 Å². The van der Waals surface area contributed by atoms with Gasteiger partial charge in [0.15, 0.2) is 0 Å². The van der Waals surface area contributed by atoms with Gasteiger partial charge in [-0.05, 0) is 100 Å². The van der Waals surface area contributed by atoms with Gasteiger partial charge in [0.25, 0.3) is 0 Å².